The second-order valence-corrected chi connectivity index (χ2v) is 6.23. The lowest BCUT2D eigenvalue weighted by atomic mass is 10.0. The fourth-order valence-corrected chi connectivity index (χ4v) is 2.86. The minimum Gasteiger partial charge on any atom is -0.353 e. The number of hydrogen-bond acceptors (Lipinski definition) is 3. The normalized spacial score (nSPS) is 19.2. The molecule has 6 heteroatoms. The molecule has 1 aromatic carbocycles. The first-order chi connectivity index (χ1) is 10.1. The van der Waals surface area contributed by atoms with Gasteiger partial charge < -0.3 is 16.0 Å². The van der Waals surface area contributed by atoms with Crippen molar-refractivity contribution in [2.45, 2.75) is 32.7 Å². The molecule has 4 nitrogen and oxygen atoms in total. The highest BCUT2D eigenvalue weighted by molar-refractivity contribution is 5.85. The number of piperidine rings is 1. The number of aryl methyl sites for hydroxylation is 1. The standard InChI is InChI=1S/C17H27N3O.2ClH/c1-13-5-7-15(8-6-13)16(18)17(21)19-9-11-20-10-3-4-14(2)12-20;;/h5-8,14,16H,3-4,9-12,18H2,1-2H3,(H,19,21);2*1H. The van der Waals surface area contributed by atoms with E-state index in [1.807, 2.05) is 31.2 Å². The average molecular weight is 362 g/mol. The van der Waals surface area contributed by atoms with Crippen molar-refractivity contribution in [3.63, 3.8) is 0 Å². The molecule has 1 aliphatic rings. The van der Waals surface area contributed by atoms with Gasteiger partial charge in [-0.15, -0.1) is 24.8 Å². The van der Waals surface area contributed by atoms with Crippen LogP contribution in [0, 0.1) is 12.8 Å². The Balaban J connectivity index is 0.00000242. The minimum atomic E-state index is -0.578. The average Bonchev–Trinajstić information content (AvgIpc) is 2.47. The van der Waals surface area contributed by atoms with Crippen molar-refractivity contribution in [1.82, 2.24) is 10.2 Å². The van der Waals surface area contributed by atoms with E-state index in [0.717, 1.165) is 31.1 Å². The molecule has 2 rings (SSSR count). The Bertz CT molecular complexity index is 467. The molecule has 1 fully saturated rings. The molecule has 0 saturated carbocycles. The number of amides is 1. The van der Waals surface area contributed by atoms with E-state index in [1.54, 1.807) is 0 Å². The van der Waals surface area contributed by atoms with Crippen LogP contribution >= 0.6 is 24.8 Å². The molecule has 2 atom stereocenters. The van der Waals surface area contributed by atoms with E-state index in [1.165, 1.54) is 18.4 Å². The molecule has 2 unspecified atom stereocenters. The summed E-state index contributed by atoms with van der Waals surface area (Å²) in [6.07, 6.45) is 2.58. The van der Waals surface area contributed by atoms with Gasteiger partial charge in [-0.25, -0.2) is 0 Å². The van der Waals surface area contributed by atoms with Crippen LogP contribution < -0.4 is 11.1 Å². The maximum atomic E-state index is 12.1. The van der Waals surface area contributed by atoms with E-state index in [4.69, 9.17) is 5.73 Å². The smallest absolute Gasteiger partial charge is 0.241 e. The first kappa shape index (κ1) is 22.2. The van der Waals surface area contributed by atoms with Gasteiger partial charge in [0.25, 0.3) is 0 Å². The maximum Gasteiger partial charge on any atom is 0.241 e. The number of rotatable bonds is 5. The summed E-state index contributed by atoms with van der Waals surface area (Å²) in [6, 6.07) is 7.23. The largest absolute Gasteiger partial charge is 0.353 e. The van der Waals surface area contributed by atoms with Gasteiger partial charge in [-0.1, -0.05) is 36.8 Å². The second-order valence-electron chi connectivity index (χ2n) is 6.23. The third kappa shape index (κ3) is 7.08. The number of carbonyl (C=O) groups is 1. The summed E-state index contributed by atoms with van der Waals surface area (Å²) in [5, 5.41) is 2.95. The molecule has 1 saturated heterocycles. The van der Waals surface area contributed by atoms with E-state index >= 15 is 0 Å². The topological polar surface area (TPSA) is 58.4 Å². The number of halogens is 2. The summed E-state index contributed by atoms with van der Waals surface area (Å²) in [6.45, 7) is 8.18. The van der Waals surface area contributed by atoms with Crippen LogP contribution in [-0.4, -0.2) is 37.0 Å². The van der Waals surface area contributed by atoms with Gasteiger partial charge in [0.05, 0.1) is 0 Å². The first-order valence-corrected chi connectivity index (χ1v) is 7.88. The lowest BCUT2D eigenvalue weighted by molar-refractivity contribution is -0.122. The Morgan fingerprint density at radius 2 is 2.00 bits per heavy atom. The predicted octanol–water partition coefficient (Wildman–Crippen LogP) is 2.69. The number of benzene rings is 1. The van der Waals surface area contributed by atoms with Gasteiger partial charge in [-0.3, -0.25) is 4.79 Å². The molecule has 132 valence electrons. The van der Waals surface area contributed by atoms with E-state index in [2.05, 4.69) is 17.1 Å². The molecule has 1 aliphatic heterocycles. The van der Waals surface area contributed by atoms with Crippen molar-refractivity contribution >= 4 is 30.7 Å². The van der Waals surface area contributed by atoms with Gasteiger partial charge in [0.2, 0.25) is 5.91 Å². The van der Waals surface area contributed by atoms with E-state index in [0.29, 0.717) is 6.54 Å². The zero-order valence-electron chi connectivity index (χ0n) is 14.0. The second kappa shape index (κ2) is 10.9. The van der Waals surface area contributed by atoms with Crippen LogP contribution in [0.1, 0.15) is 36.9 Å². The molecular formula is C17H29Cl2N3O. The van der Waals surface area contributed by atoms with Crippen LogP contribution in [0.3, 0.4) is 0 Å². The van der Waals surface area contributed by atoms with Crippen molar-refractivity contribution in [2.75, 3.05) is 26.2 Å². The first-order valence-electron chi connectivity index (χ1n) is 7.88. The van der Waals surface area contributed by atoms with Crippen molar-refractivity contribution in [3.8, 4) is 0 Å². The van der Waals surface area contributed by atoms with Gasteiger partial charge in [-0.2, -0.15) is 0 Å². The molecular weight excluding hydrogens is 333 g/mol. The number of nitrogens with zero attached hydrogens (tertiary/aromatic N) is 1. The predicted molar refractivity (Wildman–Crippen MR) is 100 cm³/mol. The Kier molecular flexibility index (Phi) is 10.5. The van der Waals surface area contributed by atoms with Gasteiger partial charge in [0, 0.05) is 19.6 Å². The third-order valence-electron chi connectivity index (χ3n) is 4.19. The summed E-state index contributed by atoms with van der Waals surface area (Å²) < 4.78 is 0. The van der Waals surface area contributed by atoms with E-state index < -0.39 is 6.04 Å². The highest BCUT2D eigenvalue weighted by atomic mass is 35.5. The number of nitrogens with two attached hydrogens (primary N) is 1. The third-order valence-corrected chi connectivity index (χ3v) is 4.19. The van der Waals surface area contributed by atoms with Crippen molar-refractivity contribution in [2.24, 2.45) is 11.7 Å². The Hall–Kier alpha value is -0.810. The lowest BCUT2D eigenvalue weighted by Gasteiger charge is -2.30. The highest BCUT2D eigenvalue weighted by Crippen LogP contribution is 2.15. The molecule has 3 N–H and O–H groups in total. The van der Waals surface area contributed by atoms with Crippen LogP contribution in [0.4, 0.5) is 0 Å². The Morgan fingerprint density at radius 3 is 2.61 bits per heavy atom. The summed E-state index contributed by atoms with van der Waals surface area (Å²) in [4.78, 5) is 14.5. The van der Waals surface area contributed by atoms with Gasteiger partial charge >= 0.3 is 0 Å². The summed E-state index contributed by atoms with van der Waals surface area (Å²) in [5.74, 6) is 0.674. The van der Waals surface area contributed by atoms with E-state index in [9.17, 15) is 4.79 Å². The Labute approximate surface area is 152 Å². The van der Waals surface area contributed by atoms with Crippen molar-refractivity contribution < 1.29 is 4.79 Å². The van der Waals surface area contributed by atoms with Crippen LogP contribution in [0.5, 0.6) is 0 Å². The molecule has 23 heavy (non-hydrogen) atoms. The number of carbonyl (C=O) groups excluding carboxylic acids is 1. The lowest BCUT2D eigenvalue weighted by Crippen LogP contribution is -2.42. The molecule has 0 bridgehead atoms. The van der Waals surface area contributed by atoms with Crippen molar-refractivity contribution in [1.29, 1.82) is 0 Å². The summed E-state index contributed by atoms with van der Waals surface area (Å²) in [7, 11) is 0. The number of hydrogen-bond donors (Lipinski definition) is 2. The van der Waals surface area contributed by atoms with Gasteiger partial charge in [0.1, 0.15) is 6.04 Å². The van der Waals surface area contributed by atoms with Crippen LogP contribution in [0.15, 0.2) is 24.3 Å². The zero-order valence-corrected chi connectivity index (χ0v) is 15.6. The fourth-order valence-electron chi connectivity index (χ4n) is 2.86. The zero-order chi connectivity index (χ0) is 15.2. The summed E-state index contributed by atoms with van der Waals surface area (Å²) >= 11 is 0. The van der Waals surface area contributed by atoms with Crippen LogP contribution in [0.25, 0.3) is 0 Å². The number of nitrogens with one attached hydrogen (secondary N) is 1. The quantitative estimate of drug-likeness (QED) is 0.847. The number of likely N-dealkylation sites (tertiary alicyclic amines) is 1. The monoisotopic (exact) mass is 361 g/mol. The maximum absolute atomic E-state index is 12.1. The molecule has 1 aromatic rings. The van der Waals surface area contributed by atoms with E-state index in [-0.39, 0.29) is 30.7 Å². The minimum absolute atomic E-state index is 0. The van der Waals surface area contributed by atoms with Gasteiger partial charge in [-0.05, 0) is 37.8 Å². The van der Waals surface area contributed by atoms with Crippen LogP contribution in [-0.2, 0) is 4.79 Å². The Morgan fingerprint density at radius 1 is 1.35 bits per heavy atom. The SMILES string of the molecule is Cc1ccc(C(N)C(=O)NCCN2CCCC(C)C2)cc1.Cl.Cl. The molecule has 0 radical (unpaired) electrons. The van der Waals surface area contributed by atoms with Crippen molar-refractivity contribution in [3.05, 3.63) is 35.4 Å². The molecule has 0 aliphatic carbocycles. The summed E-state index contributed by atoms with van der Waals surface area (Å²) in [5.41, 5.74) is 8.04. The van der Waals surface area contributed by atoms with Crippen LogP contribution in [0.2, 0.25) is 0 Å². The fraction of sp³-hybridized carbons (Fsp3) is 0.588. The molecule has 1 heterocycles. The highest BCUT2D eigenvalue weighted by Gasteiger charge is 2.18. The molecule has 0 aromatic heterocycles. The molecule has 0 spiro atoms. The molecule has 1 amide bonds. The van der Waals surface area contributed by atoms with Gasteiger partial charge in [0.15, 0.2) is 0 Å².